The van der Waals surface area contributed by atoms with Crippen molar-refractivity contribution < 1.29 is 4.74 Å². The van der Waals surface area contributed by atoms with Gasteiger partial charge >= 0.3 is 0 Å². The third-order valence-electron chi connectivity index (χ3n) is 3.23. The highest BCUT2D eigenvalue weighted by molar-refractivity contribution is 14.1. The SMILES string of the molecule is Clc1ccc(NCc2cc(Cl)cc3c2OCC3)c(I)c1. The molecule has 2 aromatic carbocycles. The van der Waals surface area contributed by atoms with Gasteiger partial charge in [0.05, 0.1) is 6.61 Å². The minimum atomic E-state index is 0.681. The van der Waals surface area contributed by atoms with Crippen molar-refractivity contribution in [2.75, 3.05) is 11.9 Å². The summed E-state index contributed by atoms with van der Waals surface area (Å²) in [5.41, 5.74) is 3.34. The summed E-state index contributed by atoms with van der Waals surface area (Å²) in [4.78, 5) is 0. The predicted molar refractivity (Wildman–Crippen MR) is 92.1 cm³/mol. The number of rotatable bonds is 3. The number of hydrogen-bond acceptors (Lipinski definition) is 2. The molecule has 1 N–H and O–H groups in total. The lowest BCUT2D eigenvalue weighted by molar-refractivity contribution is 0.354. The number of nitrogens with one attached hydrogen (secondary N) is 1. The van der Waals surface area contributed by atoms with Crippen LogP contribution in [-0.2, 0) is 13.0 Å². The summed E-state index contributed by atoms with van der Waals surface area (Å²) >= 11 is 14.4. The van der Waals surface area contributed by atoms with E-state index in [1.807, 2.05) is 30.3 Å². The zero-order valence-corrected chi connectivity index (χ0v) is 14.2. The van der Waals surface area contributed by atoms with E-state index in [2.05, 4.69) is 27.9 Å². The molecule has 0 amide bonds. The van der Waals surface area contributed by atoms with E-state index in [1.54, 1.807) is 0 Å². The molecule has 0 bridgehead atoms. The Labute approximate surface area is 141 Å². The van der Waals surface area contributed by atoms with Gasteiger partial charge < -0.3 is 10.1 Å². The van der Waals surface area contributed by atoms with Crippen LogP contribution in [-0.4, -0.2) is 6.61 Å². The van der Waals surface area contributed by atoms with Crippen LogP contribution >= 0.6 is 45.8 Å². The van der Waals surface area contributed by atoms with Gasteiger partial charge in [0.25, 0.3) is 0 Å². The van der Waals surface area contributed by atoms with Crippen LogP contribution in [0.25, 0.3) is 0 Å². The fourth-order valence-electron chi connectivity index (χ4n) is 2.30. The first-order valence-electron chi connectivity index (χ1n) is 6.26. The minimum Gasteiger partial charge on any atom is -0.493 e. The van der Waals surface area contributed by atoms with Crippen LogP contribution in [0.1, 0.15) is 11.1 Å². The molecule has 104 valence electrons. The van der Waals surface area contributed by atoms with E-state index in [9.17, 15) is 0 Å². The average molecular weight is 420 g/mol. The lowest BCUT2D eigenvalue weighted by Gasteiger charge is -2.12. The topological polar surface area (TPSA) is 21.3 Å². The molecule has 1 aliphatic rings. The molecule has 0 aliphatic carbocycles. The van der Waals surface area contributed by atoms with Crippen LogP contribution in [0.5, 0.6) is 5.75 Å². The molecule has 0 unspecified atom stereocenters. The molecule has 0 saturated carbocycles. The largest absolute Gasteiger partial charge is 0.493 e. The van der Waals surface area contributed by atoms with Crippen molar-refractivity contribution in [1.29, 1.82) is 0 Å². The Balaban J connectivity index is 1.82. The maximum absolute atomic E-state index is 6.16. The third kappa shape index (κ3) is 3.00. The standard InChI is InChI=1S/C15H12Cl2INO/c16-11-1-2-14(13(18)7-11)19-8-10-6-12(17)5-9-3-4-20-15(9)10/h1-2,5-7,19H,3-4,8H2. The smallest absolute Gasteiger partial charge is 0.127 e. The first-order chi connectivity index (χ1) is 9.63. The summed E-state index contributed by atoms with van der Waals surface area (Å²) in [7, 11) is 0. The number of anilines is 1. The lowest BCUT2D eigenvalue weighted by Crippen LogP contribution is -2.03. The first-order valence-corrected chi connectivity index (χ1v) is 8.10. The van der Waals surface area contributed by atoms with Gasteiger partial charge in [0.15, 0.2) is 0 Å². The van der Waals surface area contributed by atoms with Crippen molar-refractivity contribution in [3.63, 3.8) is 0 Å². The number of benzene rings is 2. The second kappa shape index (κ2) is 6.00. The van der Waals surface area contributed by atoms with Gasteiger partial charge in [-0.3, -0.25) is 0 Å². The Morgan fingerprint density at radius 1 is 1.15 bits per heavy atom. The van der Waals surface area contributed by atoms with Crippen molar-refractivity contribution in [2.24, 2.45) is 0 Å². The molecule has 0 fully saturated rings. The predicted octanol–water partition coefficient (Wildman–Crippen LogP) is 5.15. The van der Waals surface area contributed by atoms with Gasteiger partial charge in [-0.1, -0.05) is 23.2 Å². The van der Waals surface area contributed by atoms with Crippen LogP contribution in [0, 0.1) is 3.57 Å². The molecule has 3 rings (SSSR count). The summed E-state index contributed by atoms with van der Waals surface area (Å²) < 4.78 is 6.79. The number of hydrogen-bond donors (Lipinski definition) is 1. The Bertz CT molecular complexity index is 661. The quantitative estimate of drug-likeness (QED) is 0.695. The van der Waals surface area contributed by atoms with Gasteiger partial charge in [-0.15, -0.1) is 0 Å². The van der Waals surface area contributed by atoms with Crippen LogP contribution in [0.3, 0.4) is 0 Å². The highest BCUT2D eigenvalue weighted by atomic mass is 127. The second-order valence-electron chi connectivity index (χ2n) is 4.63. The number of ether oxygens (including phenoxy) is 1. The van der Waals surface area contributed by atoms with Gasteiger partial charge in [-0.2, -0.15) is 0 Å². The first kappa shape index (κ1) is 14.3. The van der Waals surface area contributed by atoms with E-state index in [0.717, 1.165) is 43.6 Å². The van der Waals surface area contributed by atoms with Gasteiger partial charge in [-0.05, 0) is 58.5 Å². The zero-order valence-electron chi connectivity index (χ0n) is 10.6. The van der Waals surface area contributed by atoms with E-state index in [4.69, 9.17) is 27.9 Å². The minimum absolute atomic E-state index is 0.681. The van der Waals surface area contributed by atoms with Gasteiger partial charge in [0.2, 0.25) is 0 Å². The van der Waals surface area contributed by atoms with Crippen molar-refractivity contribution in [1.82, 2.24) is 0 Å². The molecule has 1 aliphatic heterocycles. The van der Waals surface area contributed by atoms with E-state index >= 15 is 0 Å². The molecular weight excluding hydrogens is 408 g/mol. The monoisotopic (exact) mass is 419 g/mol. The summed E-state index contributed by atoms with van der Waals surface area (Å²) in [5, 5.41) is 4.91. The number of halogens is 3. The van der Waals surface area contributed by atoms with Crippen LogP contribution in [0.2, 0.25) is 10.0 Å². The van der Waals surface area contributed by atoms with E-state index in [1.165, 1.54) is 5.56 Å². The fourth-order valence-corrected chi connectivity index (χ4v) is 3.63. The highest BCUT2D eigenvalue weighted by Crippen LogP contribution is 2.33. The van der Waals surface area contributed by atoms with Crippen molar-refractivity contribution in [2.45, 2.75) is 13.0 Å². The Morgan fingerprint density at radius 3 is 2.80 bits per heavy atom. The normalized spacial score (nSPS) is 12.9. The highest BCUT2D eigenvalue weighted by Gasteiger charge is 2.17. The molecule has 5 heteroatoms. The van der Waals surface area contributed by atoms with E-state index < -0.39 is 0 Å². The summed E-state index contributed by atoms with van der Waals surface area (Å²) in [5.74, 6) is 0.978. The molecule has 2 nitrogen and oxygen atoms in total. The van der Waals surface area contributed by atoms with Crippen molar-refractivity contribution in [3.05, 3.63) is 55.1 Å². The van der Waals surface area contributed by atoms with Gasteiger partial charge in [-0.25, -0.2) is 0 Å². The third-order valence-corrected chi connectivity index (χ3v) is 4.57. The maximum atomic E-state index is 6.16. The van der Waals surface area contributed by atoms with Crippen LogP contribution in [0.15, 0.2) is 30.3 Å². The lowest BCUT2D eigenvalue weighted by atomic mass is 10.1. The molecule has 0 spiro atoms. The molecule has 0 saturated heterocycles. The van der Waals surface area contributed by atoms with Crippen LogP contribution in [0.4, 0.5) is 5.69 Å². The van der Waals surface area contributed by atoms with Crippen molar-refractivity contribution >= 4 is 51.5 Å². The van der Waals surface area contributed by atoms with E-state index in [-0.39, 0.29) is 0 Å². The Kier molecular flexibility index (Phi) is 4.29. The molecule has 0 atom stereocenters. The molecule has 0 aromatic heterocycles. The van der Waals surface area contributed by atoms with Gasteiger partial charge in [0.1, 0.15) is 5.75 Å². The average Bonchev–Trinajstić information content (AvgIpc) is 2.85. The molecule has 1 heterocycles. The fraction of sp³-hybridized carbons (Fsp3) is 0.200. The molecule has 2 aromatic rings. The molecule has 0 radical (unpaired) electrons. The summed E-state index contributed by atoms with van der Waals surface area (Å²) in [6.45, 7) is 1.42. The second-order valence-corrected chi connectivity index (χ2v) is 6.66. The van der Waals surface area contributed by atoms with Crippen molar-refractivity contribution in [3.8, 4) is 5.75 Å². The Morgan fingerprint density at radius 2 is 2.00 bits per heavy atom. The van der Waals surface area contributed by atoms with E-state index in [0.29, 0.717) is 6.54 Å². The number of fused-ring (bicyclic) bond motifs is 1. The summed E-state index contributed by atoms with van der Waals surface area (Å²) in [6, 6.07) is 9.74. The molecular formula is C15H12Cl2INO. The van der Waals surface area contributed by atoms with Gasteiger partial charge in [0, 0.05) is 37.8 Å². The molecule has 20 heavy (non-hydrogen) atoms. The summed E-state index contributed by atoms with van der Waals surface area (Å²) in [6.07, 6.45) is 0.932. The Hall–Kier alpha value is -0.650. The zero-order chi connectivity index (χ0) is 14.1. The van der Waals surface area contributed by atoms with Crippen LogP contribution < -0.4 is 10.1 Å². The maximum Gasteiger partial charge on any atom is 0.127 e.